The minimum atomic E-state index is 0.0287. The Morgan fingerprint density at radius 1 is 0.853 bits per heavy atom. The van der Waals surface area contributed by atoms with Crippen molar-refractivity contribution in [1.29, 1.82) is 0 Å². The molecule has 2 aromatic rings. The van der Waals surface area contributed by atoms with E-state index in [-0.39, 0.29) is 23.7 Å². The van der Waals surface area contributed by atoms with Crippen LogP contribution in [-0.4, -0.2) is 65.3 Å². The van der Waals surface area contributed by atoms with Crippen molar-refractivity contribution in [1.82, 2.24) is 14.2 Å². The van der Waals surface area contributed by atoms with Crippen LogP contribution in [0, 0.1) is 35.5 Å². The Balaban J connectivity index is 0.971. The number of imide groups is 1. The second-order valence-electron chi connectivity index (χ2n) is 11.4. The molecule has 0 N–H and O–H groups in total. The predicted octanol–water partition coefficient (Wildman–Crippen LogP) is 3.87. The van der Waals surface area contributed by atoms with Gasteiger partial charge in [-0.15, -0.1) is 0 Å². The first-order valence-electron chi connectivity index (χ1n) is 13.3. The number of aromatic nitrogens is 1. The van der Waals surface area contributed by atoms with Crippen LogP contribution in [0.2, 0.25) is 0 Å². The molecular weight excluding hydrogens is 444 g/mol. The van der Waals surface area contributed by atoms with E-state index in [1.54, 1.807) is 16.4 Å². The van der Waals surface area contributed by atoms with Crippen LogP contribution in [0.1, 0.15) is 38.5 Å². The van der Waals surface area contributed by atoms with E-state index in [0.717, 1.165) is 64.2 Å². The number of likely N-dealkylation sites (tertiary alicyclic amines) is 1. The zero-order valence-electron chi connectivity index (χ0n) is 19.8. The zero-order valence-corrected chi connectivity index (χ0v) is 20.6. The lowest BCUT2D eigenvalue weighted by Gasteiger charge is -2.37. The van der Waals surface area contributed by atoms with Crippen molar-refractivity contribution in [3.63, 3.8) is 0 Å². The van der Waals surface area contributed by atoms with Gasteiger partial charge in [-0.1, -0.05) is 18.6 Å². The van der Waals surface area contributed by atoms with Crippen molar-refractivity contribution in [2.75, 3.05) is 44.2 Å². The number of anilines is 1. The average Bonchev–Trinajstić information content (AvgIpc) is 3.68. The predicted molar refractivity (Wildman–Crippen MR) is 134 cm³/mol. The fourth-order valence-electron chi connectivity index (χ4n) is 8.05. The topological polar surface area (TPSA) is 56.8 Å². The van der Waals surface area contributed by atoms with Crippen LogP contribution in [0.3, 0.4) is 0 Å². The van der Waals surface area contributed by atoms with Crippen LogP contribution < -0.4 is 4.90 Å². The second kappa shape index (κ2) is 8.30. The van der Waals surface area contributed by atoms with Crippen molar-refractivity contribution < 1.29 is 9.59 Å². The van der Waals surface area contributed by atoms with Gasteiger partial charge in [-0.05, 0) is 79.4 Å². The number of carbonyl (C=O) groups excluding carboxylic acids is 2. The van der Waals surface area contributed by atoms with E-state index in [9.17, 15) is 9.59 Å². The molecule has 0 radical (unpaired) electrons. The van der Waals surface area contributed by atoms with Crippen molar-refractivity contribution in [3.8, 4) is 0 Å². The molecular formula is C27H34N4O2S. The molecule has 0 spiro atoms. The lowest BCUT2D eigenvalue weighted by Crippen LogP contribution is -2.48. The van der Waals surface area contributed by atoms with Crippen molar-refractivity contribution >= 4 is 39.3 Å². The number of benzene rings is 1. The molecule has 1 aromatic carbocycles. The normalized spacial score (nSPS) is 35.8. The van der Waals surface area contributed by atoms with Gasteiger partial charge in [0.1, 0.15) is 5.82 Å². The number of nitrogens with zero attached hydrogens (tertiary/aromatic N) is 4. The minimum absolute atomic E-state index is 0.0287. The highest BCUT2D eigenvalue weighted by atomic mass is 32.1. The Kier molecular flexibility index (Phi) is 5.20. The largest absolute Gasteiger partial charge is 0.353 e. The molecule has 180 valence electrons. The average molecular weight is 479 g/mol. The van der Waals surface area contributed by atoms with E-state index in [1.165, 1.54) is 22.9 Å². The summed E-state index contributed by atoms with van der Waals surface area (Å²) in [6, 6.07) is 8.52. The molecule has 5 fully saturated rings. The molecule has 2 saturated heterocycles. The van der Waals surface area contributed by atoms with E-state index >= 15 is 0 Å². The third-order valence-electron chi connectivity index (χ3n) is 9.78. The molecule has 3 aliphatic carbocycles. The van der Waals surface area contributed by atoms with Gasteiger partial charge in [0.15, 0.2) is 0 Å². The molecule has 6 unspecified atom stereocenters. The van der Waals surface area contributed by atoms with Crippen molar-refractivity contribution in [2.45, 2.75) is 38.5 Å². The summed E-state index contributed by atoms with van der Waals surface area (Å²) in [5, 5.41) is 1.27. The summed E-state index contributed by atoms with van der Waals surface area (Å²) < 4.78 is 6.01. The highest BCUT2D eigenvalue weighted by molar-refractivity contribution is 7.13. The molecule has 1 aromatic heterocycles. The highest BCUT2D eigenvalue weighted by Gasteiger charge is 2.61. The second-order valence-corrected chi connectivity index (χ2v) is 12.2. The Hall–Kier alpha value is -1.99. The summed E-state index contributed by atoms with van der Waals surface area (Å²) in [6.45, 7) is 5.93. The first-order chi connectivity index (χ1) is 16.7. The summed E-state index contributed by atoms with van der Waals surface area (Å²) in [4.78, 5) is 33.2. The fraction of sp³-hybridized carbons (Fsp3) is 0.667. The SMILES string of the molecule is O=C1C2C3CCC(C3)C2C(=O)N1CC1CCCC1CN1CCN(c2nsc3ccccc23)CC1. The molecule has 6 atom stereocenters. The first kappa shape index (κ1) is 21.3. The summed E-state index contributed by atoms with van der Waals surface area (Å²) in [6.07, 6.45) is 7.06. The van der Waals surface area contributed by atoms with Crippen LogP contribution in [0.25, 0.3) is 10.1 Å². The molecule has 7 rings (SSSR count). The van der Waals surface area contributed by atoms with Crippen LogP contribution in [0.4, 0.5) is 5.82 Å². The molecule has 34 heavy (non-hydrogen) atoms. The van der Waals surface area contributed by atoms with Gasteiger partial charge in [0.05, 0.1) is 16.5 Å². The number of rotatable bonds is 5. The van der Waals surface area contributed by atoms with Crippen LogP contribution >= 0.6 is 11.5 Å². The van der Waals surface area contributed by atoms with Gasteiger partial charge in [-0.25, -0.2) is 0 Å². The van der Waals surface area contributed by atoms with Gasteiger partial charge >= 0.3 is 0 Å². The number of amides is 2. The maximum Gasteiger partial charge on any atom is 0.233 e. The van der Waals surface area contributed by atoms with Crippen LogP contribution in [0.5, 0.6) is 0 Å². The van der Waals surface area contributed by atoms with E-state index in [0.29, 0.717) is 30.2 Å². The zero-order chi connectivity index (χ0) is 22.8. The Morgan fingerprint density at radius 2 is 1.53 bits per heavy atom. The smallest absolute Gasteiger partial charge is 0.233 e. The third kappa shape index (κ3) is 3.34. The number of piperazine rings is 1. The van der Waals surface area contributed by atoms with Crippen molar-refractivity contribution in [3.05, 3.63) is 24.3 Å². The maximum absolute atomic E-state index is 13.2. The molecule has 2 bridgehead atoms. The van der Waals surface area contributed by atoms with Gasteiger partial charge in [-0.2, -0.15) is 4.37 Å². The molecule has 6 nitrogen and oxygen atoms in total. The Bertz CT molecular complexity index is 1080. The van der Waals surface area contributed by atoms with E-state index in [1.807, 2.05) is 0 Å². The summed E-state index contributed by atoms with van der Waals surface area (Å²) in [5.41, 5.74) is 0. The number of fused-ring (bicyclic) bond motifs is 6. The number of carbonyl (C=O) groups is 2. The Morgan fingerprint density at radius 3 is 2.26 bits per heavy atom. The third-order valence-corrected chi connectivity index (χ3v) is 10.6. The maximum atomic E-state index is 13.2. The number of hydrogen-bond acceptors (Lipinski definition) is 6. The summed E-state index contributed by atoms with van der Waals surface area (Å²) in [5.74, 6) is 3.61. The lowest BCUT2D eigenvalue weighted by molar-refractivity contribution is -0.141. The molecule has 5 aliphatic rings. The van der Waals surface area contributed by atoms with Crippen molar-refractivity contribution in [2.24, 2.45) is 35.5 Å². The monoisotopic (exact) mass is 478 g/mol. The standard InChI is InChI=1S/C27H34N4O2S/c32-26-23-17-8-9-18(14-17)24(23)27(33)31(26)16-20-5-3-4-19(20)15-29-10-12-30(13-11-29)25-21-6-1-2-7-22(21)34-28-25/h1-2,6-7,17-20,23-24H,3-5,8-16H2. The van der Waals surface area contributed by atoms with Gasteiger partial charge in [0.25, 0.3) is 0 Å². The molecule has 7 heteroatoms. The minimum Gasteiger partial charge on any atom is -0.353 e. The molecule has 2 amide bonds. The van der Waals surface area contributed by atoms with Gasteiger partial charge in [0, 0.05) is 44.7 Å². The Labute approximate surface area is 205 Å². The van der Waals surface area contributed by atoms with E-state index < -0.39 is 0 Å². The van der Waals surface area contributed by atoms with Crippen LogP contribution in [-0.2, 0) is 9.59 Å². The lowest BCUT2D eigenvalue weighted by atomic mass is 9.81. The van der Waals surface area contributed by atoms with E-state index in [2.05, 4.69) is 34.1 Å². The summed E-state index contributed by atoms with van der Waals surface area (Å²) >= 11 is 1.60. The fourth-order valence-corrected chi connectivity index (χ4v) is 8.85. The molecule has 2 aliphatic heterocycles. The van der Waals surface area contributed by atoms with Crippen LogP contribution in [0.15, 0.2) is 24.3 Å². The van der Waals surface area contributed by atoms with Gasteiger partial charge in [-0.3, -0.25) is 19.4 Å². The quantitative estimate of drug-likeness (QED) is 0.611. The number of hydrogen-bond donors (Lipinski definition) is 0. The van der Waals surface area contributed by atoms with Gasteiger partial charge in [0.2, 0.25) is 11.8 Å². The molecule has 3 saturated carbocycles. The molecule has 3 heterocycles. The highest BCUT2D eigenvalue weighted by Crippen LogP contribution is 2.56. The van der Waals surface area contributed by atoms with Gasteiger partial charge < -0.3 is 4.90 Å². The van der Waals surface area contributed by atoms with E-state index in [4.69, 9.17) is 4.37 Å². The first-order valence-corrected chi connectivity index (χ1v) is 14.1. The summed E-state index contributed by atoms with van der Waals surface area (Å²) in [7, 11) is 0.